The van der Waals surface area contributed by atoms with Gasteiger partial charge in [0.15, 0.2) is 11.6 Å². The standard InChI is InChI=1S/C18H18F2N2O2/c1-11-4-2-3-5-13(11)10-16(18(21)24)22-17(23)9-12-6-7-14(19)15(20)8-12/h2-8,16H,9-10H2,1H3,(H2,21,24)(H,22,23)/t16-/m1/s1. The molecule has 2 aromatic carbocycles. The van der Waals surface area contributed by atoms with Gasteiger partial charge in [0.05, 0.1) is 6.42 Å². The Morgan fingerprint density at radius 2 is 1.83 bits per heavy atom. The number of nitrogens with two attached hydrogens (primary N) is 1. The molecular weight excluding hydrogens is 314 g/mol. The molecule has 0 spiro atoms. The van der Waals surface area contributed by atoms with E-state index in [-0.39, 0.29) is 12.8 Å². The summed E-state index contributed by atoms with van der Waals surface area (Å²) in [4.78, 5) is 23.7. The van der Waals surface area contributed by atoms with Crippen LogP contribution >= 0.6 is 0 Å². The monoisotopic (exact) mass is 332 g/mol. The van der Waals surface area contributed by atoms with Gasteiger partial charge in [0.2, 0.25) is 11.8 Å². The first-order chi connectivity index (χ1) is 11.4. The molecule has 0 aliphatic carbocycles. The third-order valence-electron chi connectivity index (χ3n) is 3.71. The number of carbonyl (C=O) groups is 2. The lowest BCUT2D eigenvalue weighted by Gasteiger charge is -2.17. The summed E-state index contributed by atoms with van der Waals surface area (Å²) in [6.45, 7) is 1.90. The minimum Gasteiger partial charge on any atom is -0.368 e. The van der Waals surface area contributed by atoms with Crippen molar-refractivity contribution in [3.8, 4) is 0 Å². The number of rotatable bonds is 6. The van der Waals surface area contributed by atoms with Gasteiger partial charge >= 0.3 is 0 Å². The van der Waals surface area contributed by atoms with E-state index in [4.69, 9.17) is 5.73 Å². The Morgan fingerprint density at radius 1 is 1.12 bits per heavy atom. The van der Waals surface area contributed by atoms with Gasteiger partial charge in [0.1, 0.15) is 6.04 Å². The van der Waals surface area contributed by atoms with Crippen molar-refractivity contribution >= 4 is 11.8 Å². The SMILES string of the molecule is Cc1ccccc1C[C@@H](NC(=O)Cc1ccc(F)c(F)c1)C(N)=O. The number of halogens is 2. The smallest absolute Gasteiger partial charge is 0.240 e. The number of aryl methyl sites for hydroxylation is 1. The third kappa shape index (κ3) is 4.62. The van der Waals surface area contributed by atoms with Crippen LogP contribution in [0, 0.1) is 18.6 Å². The van der Waals surface area contributed by atoms with E-state index in [1.807, 2.05) is 31.2 Å². The highest BCUT2D eigenvalue weighted by Crippen LogP contribution is 2.11. The molecule has 24 heavy (non-hydrogen) atoms. The normalized spacial score (nSPS) is 11.8. The zero-order valence-electron chi connectivity index (χ0n) is 13.2. The first-order valence-corrected chi connectivity index (χ1v) is 7.44. The lowest BCUT2D eigenvalue weighted by atomic mass is 10.0. The lowest BCUT2D eigenvalue weighted by Crippen LogP contribution is -2.46. The molecule has 0 unspecified atom stereocenters. The van der Waals surface area contributed by atoms with Gasteiger partial charge in [-0.15, -0.1) is 0 Å². The number of carbonyl (C=O) groups excluding carboxylic acids is 2. The Bertz CT molecular complexity index is 762. The Hall–Kier alpha value is -2.76. The van der Waals surface area contributed by atoms with Gasteiger partial charge in [0, 0.05) is 6.42 Å². The fraction of sp³-hybridized carbons (Fsp3) is 0.222. The molecule has 0 radical (unpaired) electrons. The number of benzene rings is 2. The van der Waals surface area contributed by atoms with E-state index in [2.05, 4.69) is 5.32 Å². The molecule has 0 aliphatic rings. The molecule has 6 heteroatoms. The Balaban J connectivity index is 2.04. The molecule has 2 aromatic rings. The van der Waals surface area contributed by atoms with E-state index >= 15 is 0 Å². The van der Waals surface area contributed by atoms with Gasteiger partial charge < -0.3 is 11.1 Å². The van der Waals surface area contributed by atoms with Crippen molar-refractivity contribution in [2.75, 3.05) is 0 Å². The predicted molar refractivity (Wildman–Crippen MR) is 86.1 cm³/mol. The number of nitrogens with one attached hydrogen (secondary N) is 1. The van der Waals surface area contributed by atoms with E-state index in [1.165, 1.54) is 6.07 Å². The molecule has 0 bridgehead atoms. The van der Waals surface area contributed by atoms with Gasteiger partial charge in [0.25, 0.3) is 0 Å². The summed E-state index contributed by atoms with van der Waals surface area (Å²) in [7, 11) is 0. The summed E-state index contributed by atoms with van der Waals surface area (Å²) in [5.41, 5.74) is 7.55. The third-order valence-corrected chi connectivity index (χ3v) is 3.71. The Morgan fingerprint density at radius 3 is 2.46 bits per heavy atom. The second kappa shape index (κ2) is 7.68. The first kappa shape index (κ1) is 17.6. The molecule has 0 fully saturated rings. The zero-order valence-corrected chi connectivity index (χ0v) is 13.2. The molecule has 0 aliphatic heterocycles. The van der Waals surface area contributed by atoms with Gasteiger partial charge in [-0.1, -0.05) is 30.3 Å². The maximum absolute atomic E-state index is 13.2. The van der Waals surface area contributed by atoms with Crippen molar-refractivity contribution < 1.29 is 18.4 Å². The van der Waals surface area contributed by atoms with Crippen LogP contribution in [-0.2, 0) is 22.4 Å². The van der Waals surface area contributed by atoms with Crippen molar-refractivity contribution in [2.45, 2.75) is 25.8 Å². The minimum absolute atomic E-state index is 0.172. The fourth-order valence-corrected chi connectivity index (χ4v) is 2.36. The summed E-state index contributed by atoms with van der Waals surface area (Å²) in [6, 6.07) is 9.82. The molecular formula is C18H18F2N2O2. The van der Waals surface area contributed by atoms with Crippen LogP contribution in [0.1, 0.15) is 16.7 Å². The van der Waals surface area contributed by atoms with Crippen LogP contribution in [0.4, 0.5) is 8.78 Å². The zero-order chi connectivity index (χ0) is 17.7. The topological polar surface area (TPSA) is 72.2 Å². The molecule has 2 amide bonds. The first-order valence-electron chi connectivity index (χ1n) is 7.44. The highest BCUT2D eigenvalue weighted by molar-refractivity contribution is 5.87. The van der Waals surface area contributed by atoms with Gasteiger partial charge in [-0.2, -0.15) is 0 Å². The van der Waals surface area contributed by atoms with Gasteiger partial charge in [-0.3, -0.25) is 9.59 Å². The number of hydrogen-bond acceptors (Lipinski definition) is 2. The minimum atomic E-state index is -1.02. The second-order valence-corrected chi connectivity index (χ2v) is 5.58. The van der Waals surface area contributed by atoms with Crippen molar-refractivity contribution in [3.63, 3.8) is 0 Å². The second-order valence-electron chi connectivity index (χ2n) is 5.58. The molecule has 0 saturated heterocycles. The van der Waals surface area contributed by atoms with Gasteiger partial charge in [-0.05, 0) is 35.7 Å². The largest absolute Gasteiger partial charge is 0.368 e. The average Bonchev–Trinajstić information content (AvgIpc) is 2.52. The van der Waals surface area contributed by atoms with Crippen molar-refractivity contribution in [2.24, 2.45) is 5.73 Å². The summed E-state index contributed by atoms with van der Waals surface area (Å²) in [6.07, 6.45) is 0.0975. The van der Waals surface area contributed by atoms with E-state index in [9.17, 15) is 18.4 Å². The highest BCUT2D eigenvalue weighted by Gasteiger charge is 2.19. The molecule has 3 N–H and O–H groups in total. The van der Waals surface area contributed by atoms with E-state index in [1.54, 1.807) is 0 Å². The summed E-state index contributed by atoms with van der Waals surface area (Å²) < 4.78 is 26.1. The highest BCUT2D eigenvalue weighted by atomic mass is 19.2. The maximum atomic E-state index is 13.2. The van der Waals surface area contributed by atoms with Crippen LogP contribution in [0.5, 0.6) is 0 Å². The lowest BCUT2D eigenvalue weighted by molar-refractivity contribution is -0.127. The Labute approximate surface area is 138 Å². The maximum Gasteiger partial charge on any atom is 0.240 e. The summed E-state index contributed by atoms with van der Waals surface area (Å²) in [5, 5.41) is 2.55. The summed E-state index contributed by atoms with van der Waals surface area (Å²) in [5.74, 6) is -3.14. The predicted octanol–water partition coefficient (Wildman–Crippen LogP) is 2.03. The number of amides is 2. The molecule has 0 saturated carbocycles. The van der Waals surface area contributed by atoms with Crippen LogP contribution in [0.25, 0.3) is 0 Å². The molecule has 0 aromatic heterocycles. The van der Waals surface area contributed by atoms with E-state index in [0.29, 0.717) is 5.56 Å². The van der Waals surface area contributed by atoms with Gasteiger partial charge in [-0.25, -0.2) is 8.78 Å². The molecule has 0 heterocycles. The van der Waals surface area contributed by atoms with Crippen LogP contribution in [0.15, 0.2) is 42.5 Å². The fourth-order valence-electron chi connectivity index (χ4n) is 2.36. The van der Waals surface area contributed by atoms with Crippen LogP contribution in [0.3, 0.4) is 0 Å². The van der Waals surface area contributed by atoms with Crippen LogP contribution in [-0.4, -0.2) is 17.9 Å². The summed E-state index contributed by atoms with van der Waals surface area (Å²) >= 11 is 0. The van der Waals surface area contributed by atoms with Crippen LogP contribution < -0.4 is 11.1 Å². The van der Waals surface area contributed by atoms with Crippen molar-refractivity contribution in [1.82, 2.24) is 5.32 Å². The van der Waals surface area contributed by atoms with E-state index < -0.39 is 29.5 Å². The van der Waals surface area contributed by atoms with Crippen molar-refractivity contribution in [1.29, 1.82) is 0 Å². The quantitative estimate of drug-likeness (QED) is 0.849. The van der Waals surface area contributed by atoms with Crippen molar-refractivity contribution in [3.05, 3.63) is 70.8 Å². The van der Waals surface area contributed by atoms with E-state index in [0.717, 1.165) is 23.3 Å². The molecule has 4 nitrogen and oxygen atoms in total. The molecule has 1 atom stereocenters. The molecule has 126 valence electrons. The number of primary amides is 1. The number of hydrogen-bond donors (Lipinski definition) is 2. The Kier molecular flexibility index (Phi) is 5.63. The molecule has 2 rings (SSSR count). The van der Waals surface area contributed by atoms with Crippen LogP contribution in [0.2, 0.25) is 0 Å². The average molecular weight is 332 g/mol.